The predicted octanol–water partition coefficient (Wildman–Crippen LogP) is 3.40. The normalized spacial score (nSPS) is 12.5. The molecule has 0 aliphatic carbocycles. The highest BCUT2D eigenvalue weighted by Crippen LogP contribution is 2.28. The lowest BCUT2D eigenvalue weighted by atomic mass is 10.2. The molecule has 3 aromatic rings. The smallest absolute Gasteiger partial charge is 0.326 e. The van der Waals surface area contributed by atoms with Crippen LogP contribution in [-0.2, 0) is 4.79 Å². The lowest BCUT2D eigenvalue weighted by Gasteiger charge is -2.12. The number of rotatable bonds is 3. The maximum Gasteiger partial charge on any atom is 0.326 e. The minimum absolute atomic E-state index is 0.467. The highest BCUT2D eigenvalue weighted by atomic mass is 35.5. The van der Waals surface area contributed by atoms with Crippen molar-refractivity contribution in [1.82, 2.24) is 14.5 Å². The molecule has 6 heteroatoms. The van der Waals surface area contributed by atoms with Crippen LogP contribution in [0, 0.1) is 0 Å². The van der Waals surface area contributed by atoms with Crippen molar-refractivity contribution in [3.63, 3.8) is 0 Å². The number of hydrogen-bond donors (Lipinski definition) is 1. The Bertz CT molecular complexity index is 814. The number of fused-ring (bicyclic) bond motifs is 1. The van der Waals surface area contributed by atoms with Crippen molar-refractivity contribution in [2.75, 3.05) is 0 Å². The average Bonchev–Trinajstić information content (AvgIpc) is 2.85. The number of carboxylic acids is 1. The first-order valence-corrected chi connectivity index (χ1v) is 6.77. The number of carboxylic acid groups (broad SMARTS) is 1. The number of aliphatic carboxylic acids is 1. The maximum atomic E-state index is 11.4. The van der Waals surface area contributed by atoms with Crippen LogP contribution in [0.3, 0.4) is 0 Å². The van der Waals surface area contributed by atoms with Crippen LogP contribution in [0.25, 0.3) is 22.6 Å². The van der Waals surface area contributed by atoms with Crippen LogP contribution in [0.2, 0.25) is 5.02 Å². The van der Waals surface area contributed by atoms with Gasteiger partial charge >= 0.3 is 5.97 Å². The Balaban J connectivity index is 2.32. The fourth-order valence-electron chi connectivity index (χ4n) is 2.23. The molecular weight excluding hydrogens is 290 g/mol. The van der Waals surface area contributed by atoms with Crippen molar-refractivity contribution >= 4 is 28.7 Å². The zero-order chi connectivity index (χ0) is 15.0. The molecule has 1 unspecified atom stereocenters. The molecule has 0 aliphatic rings. The summed E-state index contributed by atoms with van der Waals surface area (Å²) in [5, 5.41) is 9.80. The van der Waals surface area contributed by atoms with Gasteiger partial charge in [-0.15, -0.1) is 0 Å². The molecule has 1 N–H and O–H groups in total. The molecule has 0 amide bonds. The van der Waals surface area contributed by atoms with Crippen LogP contribution in [0.4, 0.5) is 0 Å². The van der Waals surface area contributed by atoms with Crippen LogP contribution in [-0.4, -0.2) is 25.6 Å². The summed E-state index contributed by atoms with van der Waals surface area (Å²) in [6, 6.07) is 10.3. The van der Waals surface area contributed by atoms with Crippen LogP contribution >= 0.6 is 11.6 Å². The second-order valence-electron chi connectivity index (χ2n) is 4.68. The van der Waals surface area contributed by atoms with Gasteiger partial charge < -0.3 is 5.11 Å². The van der Waals surface area contributed by atoms with Crippen molar-refractivity contribution in [1.29, 1.82) is 0 Å². The second kappa shape index (κ2) is 5.18. The quantitative estimate of drug-likeness (QED) is 0.805. The summed E-state index contributed by atoms with van der Waals surface area (Å²) in [6.07, 6.45) is 1.49. The van der Waals surface area contributed by atoms with Gasteiger partial charge in [0.15, 0.2) is 5.65 Å². The monoisotopic (exact) mass is 301 g/mol. The molecule has 0 aliphatic heterocycles. The van der Waals surface area contributed by atoms with E-state index in [4.69, 9.17) is 11.6 Å². The van der Waals surface area contributed by atoms with Crippen molar-refractivity contribution in [3.05, 3.63) is 47.6 Å². The van der Waals surface area contributed by atoms with Gasteiger partial charge in [0.05, 0.1) is 5.02 Å². The van der Waals surface area contributed by atoms with Crippen molar-refractivity contribution in [2.24, 2.45) is 0 Å². The molecular formula is C15H12ClN3O2. The lowest BCUT2D eigenvalue weighted by Crippen LogP contribution is -2.17. The van der Waals surface area contributed by atoms with E-state index in [1.807, 2.05) is 30.3 Å². The molecule has 1 aromatic carbocycles. The second-order valence-corrected chi connectivity index (χ2v) is 5.12. The molecule has 0 fully saturated rings. The van der Waals surface area contributed by atoms with E-state index in [2.05, 4.69) is 9.97 Å². The molecule has 0 radical (unpaired) electrons. The van der Waals surface area contributed by atoms with Crippen molar-refractivity contribution in [3.8, 4) is 11.4 Å². The first kappa shape index (κ1) is 13.6. The third kappa shape index (κ3) is 2.36. The van der Waals surface area contributed by atoms with E-state index in [0.29, 0.717) is 22.0 Å². The van der Waals surface area contributed by atoms with Crippen molar-refractivity contribution < 1.29 is 9.90 Å². The van der Waals surface area contributed by atoms with Gasteiger partial charge in [-0.3, -0.25) is 4.57 Å². The first-order chi connectivity index (χ1) is 10.1. The van der Waals surface area contributed by atoms with E-state index in [1.54, 1.807) is 17.6 Å². The van der Waals surface area contributed by atoms with Gasteiger partial charge in [0.2, 0.25) is 0 Å². The molecule has 21 heavy (non-hydrogen) atoms. The standard InChI is InChI=1S/C15H12ClN3O2/c1-9(15(20)21)19-13(10-5-3-2-4-6-10)18-12-7-11(16)8-17-14(12)19/h2-9H,1H3,(H,20,21). The minimum Gasteiger partial charge on any atom is -0.480 e. The van der Waals surface area contributed by atoms with Gasteiger partial charge in [0.1, 0.15) is 17.4 Å². The molecule has 0 bridgehead atoms. The van der Waals surface area contributed by atoms with E-state index in [9.17, 15) is 9.90 Å². The molecule has 2 heterocycles. The maximum absolute atomic E-state index is 11.4. The van der Waals surface area contributed by atoms with E-state index < -0.39 is 12.0 Å². The fourth-order valence-corrected chi connectivity index (χ4v) is 2.38. The Kier molecular flexibility index (Phi) is 3.35. The molecule has 0 saturated heterocycles. The van der Waals surface area contributed by atoms with E-state index >= 15 is 0 Å². The number of nitrogens with zero attached hydrogens (tertiary/aromatic N) is 3. The SMILES string of the molecule is CC(C(=O)O)n1c(-c2ccccc2)nc2cc(Cl)cnc21. The van der Waals surface area contributed by atoms with Gasteiger partial charge in [0.25, 0.3) is 0 Å². The molecule has 106 valence electrons. The summed E-state index contributed by atoms with van der Waals surface area (Å²) in [4.78, 5) is 20.1. The van der Waals surface area contributed by atoms with Gasteiger partial charge in [0, 0.05) is 11.8 Å². The highest BCUT2D eigenvalue weighted by molar-refractivity contribution is 6.31. The van der Waals surface area contributed by atoms with Gasteiger partial charge in [-0.2, -0.15) is 0 Å². The number of carbonyl (C=O) groups is 1. The molecule has 1 atom stereocenters. The van der Waals surface area contributed by atoms with Crippen LogP contribution < -0.4 is 0 Å². The third-order valence-corrected chi connectivity index (χ3v) is 3.48. The summed E-state index contributed by atoms with van der Waals surface area (Å²) in [6.45, 7) is 1.60. The largest absolute Gasteiger partial charge is 0.480 e. The average molecular weight is 302 g/mol. The summed E-state index contributed by atoms with van der Waals surface area (Å²) < 4.78 is 1.61. The molecule has 0 spiro atoms. The number of pyridine rings is 1. The Morgan fingerprint density at radius 3 is 2.71 bits per heavy atom. The molecule has 0 saturated carbocycles. The Hall–Kier alpha value is -2.40. The van der Waals surface area contributed by atoms with Gasteiger partial charge in [-0.25, -0.2) is 14.8 Å². The van der Waals surface area contributed by atoms with Crippen molar-refractivity contribution in [2.45, 2.75) is 13.0 Å². The number of benzene rings is 1. The topological polar surface area (TPSA) is 68.0 Å². The molecule has 2 aromatic heterocycles. The predicted molar refractivity (Wildman–Crippen MR) is 80.3 cm³/mol. The van der Waals surface area contributed by atoms with Crippen LogP contribution in [0.15, 0.2) is 42.6 Å². The summed E-state index contributed by atoms with van der Waals surface area (Å²) >= 11 is 5.94. The first-order valence-electron chi connectivity index (χ1n) is 6.39. The number of aromatic nitrogens is 3. The Morgan fingerprint density at radius 1 is 1.33 bits per heavy atom. The summed E-state index contributed by atoms with van der Waals surface area (Å²) in [5.41, 5.74) is 1.92. The molecule has 3 rings (SSSR count). The fraction of sp³-hybridized carbons (Fsp3) is 0.133. The zero-order valence-corrected chi connectivity index (χ0v) is 11.9. The van der Waals surface area contributed by atoms with E-state index in [-0.39, 0.29) is 0 Å². The highest BCUT2D eigenvalue weighted by Gasteiger charge is 2.22. The lowest BCUT2D eigenvalue weighted by molar-refractivity contribution is -0.140. The van der Waals surface area contributed by atoms with E-state index in [1.165, 1.54) is 6.20 Å². The zero-order valence-electron chi connectivity index (χ0n) is 11.2. The number of imidazole rings is 1. The van der Waals surface area contributed by atoms with Gasteiger partial charge in [-0.1, -0.05) is 41.9 Å². The van der Waals surface area contributed by atoms with E-state index in [0.717, 1.165) is 5.56 Å². The van der Waals surface area contributed by atoms with Crippen LogP contribution in [0.1, 0.15) is 13.0 Å². The van der Waals surface area contributed by atoms with Gasteiger partial charge in [-0.05, 0) is 13.0 Å². The molecule has 5 nitrogen and oxygen atoms in total. The Morgan fingerprint density at radius 2 is 2.05 bits per heavy atom. The number of hydrogen-bond acceptors (Lipinski definition) is 3. The Labute approximate surface area is 125 Å². The van der Waals surface area contributed by atoms with Crippen LogP contribution in [0.5, 0.6) is 0 Å². The minimum atomic E-state index is -0.941. The summed E-state index contributed by atoms with van der Waals surface area (Å²) in [7, 11) is 0. The summed E-state index contributed by atoms with van der Waals surface area (Å²) in [5.74, 6) is -0.376. The number of halogens is 1. The third-order valence-electron chi connectivity index (χ3n) is 3.27.